The summed E-state index contributed by atoms with van der Waals surface area (Å²) in [5, 5.41) is 0. The molecule has 8 heteroatoms. The Labute approximate surface area is 182 Å². The van der Waals surface area contributed by atoms with Crippen molar-refractivity contribution >= 4 is 21.7 Å². The van der Waals surface area contributed by atoms with Crippen LogP contribution in [0, 0.1) is 5.41 Å². The highest BCUT2D eigenvalue weighted by atomic mass is 32.2. The Morgan fingerprint density at radius 1 is 1.10 bits per heavy atom. The van der Waals surface area contributed by atoms with E-state index in [2.05, 4.69) is 4.90 Å². The molecule has 0 unspecified atom stereocenters. The van der Waals surface area contributed by atoms with Crippen LogP contribution in [0.25, 0.3) is 0 Å². The SMILES string of the molecule is CCN(CC)c1ccc(CN(CCOC)C(=O)CC(C)(C)C)c(OS(=O)(=O)CC)c1. The van der Waals surface area contributed by atoms with Gasteiger partial charge in [0.05, 0.1) is 12.4 Å². The van der Waals surface area contributed by atoms with Crippen LogP contribution in [0.15, 0.2) is 18.2 Å². The fraction of sp³-hybridized carbons (Fsp3) is 0.682. The lowest BCUT2D eigenvalue weighted by Gasteiger charge is -2.28. The van der Waals surface area contributed by atoms with Crippen molar-refractivity contribution in [1.82, 2.24) is 4.90 Å². The Hall–Kier alpha value is -1.80. The third kappa shape index (κ3) is 8.52. The molecule has 0 bridgehead atoms. The highest BCUT2D eigenvalue weighted by Gasteiger charge is 2.23. The van der Waals surface area contributed by atoms with Crippen molar-refractivity contribution in [2.24, 2.45) is 5.41 Å². The van der Waals surface area contributed by atoms with Gasteiger partial charge in [0.1, 0.15) is 5.75 Å². The van der Waals surface area contributed by atoms with E-state index in [0.717, 1.165) is 18.8 Å². The predicted molar refractivity (Wildman–Crippen MR) is 121 cm³/mol. The molecule has 0 aliphatic rings. The molecule has 0 aliphatic carbocycles. The minimum absolute atomic E-state index is 0.00309. The summed E-state index contributed by atoms with van der Waals surface area (Å²) >= 11 is 0. The van der Waals surface area contributed by atoms with E-state index in [1.165, 1.54) is 0 Å². The number of benzene rings is 1. The fourth-order valence-electron chi connectivity index (χ4n) is 3.00. The highest BCUT2D eigenvalue weighted by Crippen LogP contribution is 2.29. The molecular formula is C22H38N2O5S. The summed E-state index contributed by atoms with van der Waals surface area (Å²) in [6.07, 6.45) is 0.387. The quantitative estimate of drug-likeness (QED) is 0.460. The Morgan fingerprint density at radius 3 is 2.23 bits per heavy atom. The van der Waals surface area contributed by atoms with Gasteiger partial charge in [0.2, 0.25) is 5.91 Å². The average Bonchev–Trinajstić information content (AvgIpc) is 2.65. The van der Waals surface area contributed by atoms with Crippen LogP contribution in [0.4, 0.5) is 5.69 Å². The summed E-state index contributed by atoms with van der Waals surface area (Å²) in [4.78, 5) is 16.7. The van der Waals surface area contributed by atoms with Gasteiger partial charge in [-0.3, -0.25) is 4.79 Å². The van der Waals surface area contributed by atoms with Gasteiger partial charge in [0.15, 0.2) is 0 Å². The van der Waals surface area contributed by atoms with Gasteiger partial charge in [0.25, 0.3) is 0 Å². The second-order valence-corrected chi connectivity index (χ2v) is 10.3. The van der Waals surface area contributed by atoms with Crippen molar-refractivity contribution < 1.29 is 22.1 Å². The Morgan fingerprint density at radius 2 is 1.73 bits per heavy atom. The second kappa shape index (κ2) is 11.6. The van der Waals surface area contributed by atoms with E-state index in [0.29, 0.717) is 25.1 Å². The topological polar surface area (TPSA) is 76.2 Å². The number of ether oxygens (including phenoxy) is 1. The van der Waals surface area contributed by atoms with Gasteiger partial charge in [-0.2, -0.15) is 8.42 Å². The summed E-state index contributed by atoms with van der Waals surface area (Å²) in [5.74, 6) is 0.141. The number of rotatable bonds is 12. The predicted octanol–water partition coefficient (Wildman–Crippen LogP) is 3.67. The van der Waals surface area contributed by atoms with Crippen LogP contribution >= 0.6 is 0 Å². The molecule has 0 saturated carbocycles. The zero-order valence-electron chi connectivity index (χ0n) is 19.5. The maximum absolute atomic E-state index is 12.9. The normalized spacial score (nSPS) is 12.0. The highest BCUT2D eigenvalue weighted by molar-refractivity contribution is 7.87. The molecule has 1 rings (SSSR count). The lowest BCUT2D eigenvalue weighted by Crippen LogP contribution is -2.35. The van der Waals surface area contributed by atoms with E-state index < -0.39 is 10.1 Å². The summed E-state index contributed by atoms with van der Waals surface area (Å²) in [7, 11) is -2.11. The molecule has 0 radical (unpaired) electrons. The van der Waals surface area contributed by atoms with Gasteiger partial charge >= 0.3 is 10.1 Å². The number of hydrogen-bond acceptors (Lipinski definition) is 6. The van der Waals surface area contributed by atoms with Crippen molar-refractivity contribution in [2.45, 2.75) is 54.5 Å². The molecule has 30 heavy (non-hydrogen) atoms. The Bertz CT molecular complexity index is 783. The first-order valence-electron chi connectivity index (χ1n) is 10.5. The van der Waals surface area contributed by atoms with Gasteiger partial charge < -0.3 is 18.7 Å². The van der Waals surface area contributed by atoms with Gasteiger partial charge in [0, 0.05) is 57.0 Å². The van der Waals surface area contributed by atoms with Gasteiger partial charge in [-0.1, -0.05) is 26.8 Å². The molecule has 172 valence electrons. The standard InChI is InChI=1S/C22H38N2O5S/c1-8-23(9-2)19-12-11-18(20(15-19)29-30(26,27)10-3)17-24(13-14-28-7)21(25)16-22(4,5)6/h11-12,15H,8-10,13-14,16-17H2,1-7H3. The summed E-state index contributed by atoms with van der Waals surface area (Å²) < 4.78 is 35.0. The number of anilines is 1. The molecule has 0 saturated heterocycles. The van der Waals surface area contributed by atoms with Crippen LogP contribution in [-0.2, 0) is 26.2 Å². The molecule has 1 amide bonds. The van der Waals surface area contributed by atoms with E-state index in [1.54, 1.807) is 25.0 Å². The summed E-state index contributed by atoms with van der Waals surface area (Å²) in [5.41, 5.74) is 1.38. The van der Waals surface area contributed by atoms with Crippen LogP contribution in [0.2, 0.25) is 0 Å². The molecule has 7 nitrogen and oxygen atoms in total. The van der Waals surface area contributed by atoms with Gasteiger partial charge in [-0.05, 0) is 32.3 Å². The fourth-order valence-corrected chi connectivity index (χ4v) is 3.54. The van der Waals surface area contributed by atoms with Crippen molar-refractivity contribution in [3.05, 3.63) is 23.8 Å². The smallest absolute Gasteiger partial charge is 0.308 e. The first-order chi connectivity index (χ1) is 14.0. The third-order valence-corrected chi connectivity index (χ3v) is 5.85. The minimum Gasteiger partial charge on any atom is -0.383 e. The zero-order valence-corrected chi connectivity index (χ0v) is 20.3. The van der Waals surface area contributed by atoms with Gasteiger partial charge in [-0.15, -0.1) is 0 Å². The molecule has 0 heterocycles. The van der Waals surface area contributed by atoms with E-state index in [1.807, 2.05) is 46.8 Å². The first-order valence-corrected chi connectivity index (χ1v) is 12.1. The lowest BCUT2D eigenvalue weighted by atomic mass is 9.91. The minimum atomic E-state index is -3.70. The van der Waals surface area contributed by atoms with E-state index in [4.69, 9.17) is 8.92 Å². The third-order valence-electron chi connectivity index (χ3n) is 4.71. The number of amides is 1. The van der Waals surface area contributed by atoms with Crippen LogP contribution < -0.4 is 9.08 Å². The summed E-state index contributed by atoms with van der Waals surface area (Å²) in [6, 6.07) is 5.53. The molecule has 1 aromatic rings. The largest absolute Gasteiger partial charge is 0.383 e. The molecular weight excluding hydrogens is 404 g/mol. The van der Waals surface area contributed by atoms with E-state index >= 15 is 0 Å². The maximum Gasteiger partial charge on any atom is 0.308 e. The Kier molecular flexibility index (Phi) is 10.1. The van der Waals surface area contributed by atoms with Gasteiger partial charge in [-0.25, -0.2) is 0 Å². The van der Waals surface area contributed by atoms with Crippen molar-refractivity contribution in [2.75, 3.05) is 44.0 Å². The van der Waals surface area contributed by atoms with Crippen LogP contribution in [-0.4, -0.2) is 58.3 Å². The number of methoxy groups -OCH3 is 1. The molecule has 0 N–H and O–H groups in total. The molecule has 0 aliphatic heterocycles. The van der Waals surface area contributed by atoms with Crippen LogP contribution in [0.3, 0.4) is 0 Å². The zero-order chi connectivity index (χ0) is 22.9. The number of nitrogens with zero attached hydrogens (tertiary/aromatic N) is 2. The number of carbonyl (C=O) groups excluding carboxylic acids is 1. The van der Waals surface area contributed by atoms with E-state index in [-0.39, 0.29) is 29.4 Å². The molecule has 0 spiro atoms. The van der Waals surface area contributed by atoms with Crippen molar-refractivity contribution in [1.29, 1.82) is 0 Å². The molecule has 1 aromatic carbocycles. The van der Waals surface area contributed by atoms with E-state index in [9.17, 15) is 13.2 Å². The molecule has 0 aromatic heterocycles. The first kappa shape index (κ1) is 26.2. The second-order valence-electron chi connectivity index (χ2n) is 8.44. The van der Waals surface area contributed by atoms with Crippen LogP contribution in [0.1, 0.15) is 53.5 Å². The van der Waals surface area contributed by atoms with Crippen molar-refractivity contribution in [3.63, 3.8) is 0 Å². The van der Waals surface area contributed by atoms with Crippen molar-refractivity contribution in [3.8, 4) is 5.75 Å². The number of hydrogen-bond donors (Lipinski definition) is 0. The Balaban J connectivity index is 3.31. The number of carbonyl (C=O) groups is 1. The van der Waals surface area contributed by atoms with Crippen LogP contribution in [0.5, 0.6) is 5.75 Å². The monoisotopic (exact) mass is 442 g/mol. The molecule has 0 fully saturated rings. The summed E-state index contributed by atoms with van der Waals surface area (Å²) in [6.45, 7) is 14.3. The maximum atomic E-state index is 12.9. The lowest BCUT2D eigenvalue weighted by molar-refractivity contribution is -0.134. The molecule has 0 atom stereocenters. The average molecular weight is 443 g/mol.